The molecule has 4 nitrogen and oxygen atoms in total. The molecule has 0 spiro atoms. The van der Waals surface area contributed by atoms with Crippen LogP contribution in [0.2, 0.25) is 10.0 Å². The van der Waals surface area contributed by atoms with E-state index in [4.69, 9.17) is 23.2 Å². The van der Waals surface area contributed by atoms with Crippen molar-refractivity contribution >= 4 is 57.7 Å². The molecule has 1 aromatic carbocycles. The van der Waals surface area contributed by atoms with Gasteiger partial charge in [-0.1, -0.05) is 30.1 Å². The summed E-state index contributed by atoms with van der Waals surface area (Å²) in [5.74, 6) is -1.38. The predicted octanol–water partition coefficient (Wildman–Crippen LogP) is 3.53. The molecule has 1 heterocycles. The van der Waals surface area contributed by atoms with Crippen molar-refractivity contribution in [1.29, 1.82) is 0 Å². The fourth-order valence-electron chi connectivity index (χ4n) is 2.42. The number of aliphatic carboxylic acids is 1. The van der Waals surface area contributed by atoms with Gasteiger partial charge in [-0.2, -0.15) is 0 Å². The zero-order chi connectivity index (χ0) is 15.0. The summed E-state index contributed by atoms with van der Waals surface area (Å²) in [7, 11) is 0. The average Bonchev–Trinajstić information content (AvgIpc) is 2.75. The minimum absolute atomic E-state index is 0.0660. The predicted molar refractivity (Wildman–Crippen MR) is 85.4 cm³/mol. The number of amides is 1. The molecular weight excluding hydrogens is 416 g/mol. The van der Waals surface area contributed by atoms with Gasteiger partial charge < -0.3 is 10.0 Å². The number of likely N-dealkylation sites (tertiary alicyclic amines) is 1. The molecule has 2 unspecified atom stereocenters. The molecule has 1 aliphatic heterocycles. The summed E-state index contributed by atoms with van der Waals surface area (Å²) >= 11 is 13.9. The molecule has 1 N–H and O–H groups in total. The summed E-state index contributed by atoms with van der Waals surface area (Å²) in [6.07, 6.45) is 0.674. The van der Waals surface area contributed by atoms with Crippen LogP contribution in [-0.2, 0) is 4.79 Å². The summed E-state index contributed by atoms with van der Waals surface area (Å²) in [4.78, 5) is 25.3. The van der Waals surface area contributed by atoms with E-state index in [2.05, 4.69) is 0 Å². The van der Waals surface area contributed by atoms with Crippen molar-refractivity contribution in [2.24, 2.45) is 5.92 Å². The molecule has 2 rings (SSSR count). The molecule has 0 bridgehead atoms. The molecule has 108 valence electrons. The molecule has 1 saturated heterocycles. The maximum atomic E-state index is 12.6. The Bertz CT molecular complexity index is 579. The van der Waals surface area contributed by atoms with Crippen LogP contribution in [0.15, 0.2) is 12.1 Å². The minimum atomic E-state index is -0.980. The number of benzene rings is 1. The first kappa shape index (κ1) is 15.9. The van der Waals surface area contributed by atoms with Crippen molar-refractivity contribution in [2.75, 3.05) is 6.54 Å². The number of hydrogen-bond donors (Lipinski definition) is 1. The lowest BCUT2D eigenvalue weighted by Crippen LogP contribution is -2.43. The Morgan fingerprint density at radius 1 is 1.40 bits per heavy atom. The first-order valence-electron chi connectivity index (χ1n) is 6.01. The maximum absolute atomic E-state index is 12.6. The van der Waals surface area contributed by atoms with E-state index in [1.807, 2.05) is 29.5 Å². The van der Waals surface area contributed by atoms with Gasteiger partial charge in [-0.25, -0.2) is 4.79 Å². The number of nitrogens with zero attached hydrogens (tertiary/aromatic N) is 1. The first-order chi connectivity index (χ1) is 9.32. The molecule has 0 aliphatic carbocycles. The molecule has 1 fully saturated rings. The standard InChI is InChI=1S/C13H12Cl2INO3/c1-6-2-3-17(11(6)13(19)20)12(18)8-4-7(14)5-9(15)10(8)16/h4-6,11H,2-3H2,1H3,(H,19,20). The second-order valence-electron chi connectivity index (χ2n) is 4.80. The van der Waals surface area contributed by atoms with Crippen molar-refractivity contribution in [3.8, 4) is 0 Å². The van der Waals surface area contributed by atoms with E-state index in [0.717, 1.165) is 0 Å². The summed E-state index contributed by atoms with van der Waals surface area (Å²) in [6.45, 7) is 2.26. The monoisotopic (exact) mass is 427 g/mol. The van der Waals surface area contributed by atoms with Gasteiger partial charge in [0, 0.05) is 15.1 Å². The minimum Gasteiger partial charge on any atom is -0.480 e. The Hall–Kier alpha value is -0.530. The highest BCUT2D eigenvalue weighted by atomic mass is 127. The van der Waals surface area contributed by atoms with Gasteiger partial charge in [-0.15, -0.1) is 0 Å². The smallest absolute Gasteiger partial charge is 0.326 e. The summed E-state index contributed by atoms with van der Waals surface area (Å²) in [6, 6.07) is 2.29. The van der Waals surface area contributed by atoms with E-state index in [9.17, 15) is 14.7 Å². The highest BCUT2D eigenvalue weighted by molar-refractivity contribution is 14.1. The number of carbonyl (C=O) groups excluding carboxylic acids is 1. The quantitative estimate of drug-likeness (QED) is 0.580. The molecule has 0 radical (unpaired) electrons. The third-order valence-electron chi connectivity index (χ3n) is 3.44. The van der Waals surface area contributed by atoms with Crippen LogP contribution in [0.5, 0.6) is 0 Å². The van der Waals surface area contributed by atoms with E-state index in [1.165, 1.54) is 11.0 Å². The zero-order valence-corrected chi connectivity index (χ0v) is 14.2. The first-order valence-corrected chi connectivity index (χ1v) is 7.84. The molecule has 1 aliphatic rings. The second-order valence-corrected chi connectivity index (χ2v) is 6.72. The third-order valence-corrected chi connectivity index (χ3v) is 5.43. The van der Waals surface area contributed by atoms with Crippen LogP contribution in [0.3, 0.4) is 0 Å². The van der Waals surface area contributed by atoms with Gasteiger partial charge in [0.2, 0.25) is 0 Å². The molecule has 2 atom stereocenters. The largest absolute Gasteiger partial charge is 0.480 e. The molecular formula is C13H12Cl2INO3. The SMILES string of the molecule is CC1CCN(C(=O)c2cc(Cl)cc(Cl)c2I)C1C(=O)O. The van der Waals surface area contributed by atoms with Crippen LogP contribution >= 0.6 is 45.8 Å². The number of hydrogen-bond acceptors (Lipinski definition) is 2. The average molecular weight is 428 g/mol. The van der Waals surface area contributed by atoms with Crippen LogP contribution in [0.1, 0.15) is 23.7 Å². The lowest BCUT2D eigenvalue weighted by molar-refractivity contribution is -0.142. The number of carbonyl (C=O) groups is 2. The summed E-state index contributed by atoms with van der Waals surface area (Å²) in [5, 5.41) is 10.0. The van der Waals surface area contributed by atoms with E-state index in [0.29, 0.717) is 32.1 Å². The Morgan fingerprint density at radius 3 is 2.65 bits per heavy atom. The Kier molecular flexibility index (Phi) is 4.81. The Morgan fingerprint density at radius 2 is 2.05 bits per heavy atom. The van der Waals surface area contributed by atoms with Crippen LogP contribution in [0.4, 0.5) is 0 Å². The topological polar surface area (TPSA) is 57.6 Å². The number of rotatable bonds is 2. The van der Waals surface area contributed by atoms with E-state index < -0.39 is 12.0 Å². The Labute approximate surface area is 140 Å². The zero-order valence-electron chi connectivity index (χ0n) is 10.6. The van der Waals surface area contributed by atoms with Crippen molar-refractivity contribution < 1.29 is 14.7 Å². The molecule has 7 heteroatoms. The van der Waals surface area contributed by atoms with Gasteiger partial charge in [0.25, 0.3) is 5.91 Å². The van der Waals surface area contributed by atoms with Gasteiger partial charge in [-0.3, -0.25) is 4.79 Å². The number of carboxylic acids is 1. The highest BCUT2D eigenvalue weighted by Crippen LogP contribution is 2.31. The van der Waals surface area contributed by atoms with Crippen molar-refractivity contribution in [1.82, 2.24) is 4.90 Å². The summed E-state index contributed by atoms with van der Waals surface area (Å²) < 4.78 is 0.586. The van der Waals surface area contributed by atoms with Crippen LogP contribution in [0.25, 0.3) is 0 Å². The fourth-order valence-corrected chi connectivity index (χ4v) is 3.45. The summed E-state index contributed by atoms with van der Waals surface area (Å²) in [5.41, 5.74) is 0.350. The van der Waals surface area contributed by atoms with Crippen LogP contribution in [-0.4, -0.2) is 34.5 Å². The normalized spacial score (nSPS) is 22.1. The second kappa shape index (κ2) is 6.07. The van der Waals surface area contributed by atoms with Gasteiger partial charge in [0.05, 0.1) is 10.6 Å². The number of halogens is 3. The number of carboxylic acid groups (broad SMARTS) is 1. The van der Waals surface area contributed by atoms with Crippen LogP contribution < -0.4 is 0 Å². The van der Waals surface area contributed by atoms with Crippen molar-refractivity contribution in [2.45, 2.75) is 19.4 Å². The maximum Gasteiger partial charge on any atom is 0.326 e. The van der Waals surface area contributed by atoms with Crippen LogP contribution in [0, 0.1) is 9.49 Å². The molecule has 1 amide bonds. The van der Waals surface area contributed by atoms with Gasteiger partial charge in [0.15, 0.2) is 0 Å². The molecule has 20 heavy (non-hydrogen) atoms. The van der Waals surface area contributed by atoms with Gasteiger partial charge in [-0.05, 0) is 47.1 Å². The highest BCUT2D eigenvalue weighted by Gasteiger charge is 2.40. The van der Waals surface area contributed by atoms with E-state index in [1.54, 1.807) is 6.07 Å². The van der Waals surface area contributed by atoms with Crippen molar-refractivity contribution in [3.63, 3.8) is 0 Å². The molecule has 0 saturated carbocycles. The van der Waals surface area contributed by atoms with E-state index in [-0.39, 0.29) is 11.8 Å². The van der Waals surface area contributed by atoms with Gasteiger partial charge >= 0.3 is 5.97 Å². The molecule has 0 aromatic heterocycles. The molecule has 1 aromatic rings. The fraction of sp³-hybridized carbons (Fsp3) is 0.385. The van der Waals surface area contributed by atoms with Crippen molar-refractivity contribution in [3.05, 3.63) is 31.3 Å². The Balaban J connectivity index is 2.39. The van der Waals surface area contributed by atoms with E-state index >= 15 is 0 Å². The lowest BCUT2D eigenvalue weighted by Gasteiger charge is -2.24. The van der Waals surface area contributed by atoms with Gasteiger partial charge in [0.1, 0.15) is 6.04 Å². The lowest BCUT2D eigenvalue weighted by atomic mass is 10.0. The third kappa shape index (κ3) is 2.89.